The molecule has 0 bridgehead atoms. The van der Waals surface area contributed by atoms with Crippen molar-refractivity contribution in [2.24, 2.45) is 0 Å². The summed E-state index contributed by atoms with van der Waals surface area (Å²) in [7, 11) is 0. The lowest BCUT2D eigenvalue weighted by molar-refractivity contribution is 0.628. The first-order valence-corrected chi connectivity index (χ1v) is 23.7. The maximum Gasteiger partial charge on any atom is 0.252 e. The van der Waals surface area contributed by atoms with Crippen LogP contribution in [0.2, 0.25) is 0 Å². The molecule has 328 valence electrons. The van der Waals surface area contributed by atoms with E-state index in [1.807, 2.05) is 6.07 Å². The summed E-state index contributed by atoms with van der Waals surface area (Å²) < 4.78 is 17.7. The molecule has 6 heteroatoms. The average Bonchev–Trinajstić information content (AvgIpc) is 3.70. The van der Waals surface area contributed by atoms with Gasteiger partial charge in [-0.15, -0.1) is 0 Å². The van der Waals surface area contributed by atoms with Crippen molar-refractivity contribution < 1.29 is 4.39 Å². The molecule has 69 heavy (non-hydrogen) atoms. The highest BCUT2D eigenvalue weighted by Crippen LogP contribution is 2.46. The summed E-state index contributed by atoms with van der Waals surface area (Å²) in [5.41, 5.74) is 23.2. The van der Waals surface area contributed by atoms with Gasteiger partial charge in [0, 0.05) is 73.0 Å². The highest BCUT2D eigenvalue weighted by atomic mass is 19.1. The second-order valence-electron chi connectivity index (χ2n) is 18.6. The minimum absolute atomic E-state index is 0.209. The van der Waals surface area contributed by atoms with Gasteiger partial charge in [0.1, 0.15) is 5.82 Å². The topological polar surface area (TPSA) is 23.4 Å². The SMILES string of the molecule is Cc1ccc(C)c(-c2cc(N(c3ccccc3)c3ccccc3)cc3c2Nc2cc(-c4cccc(F)c4)cc4c2B3c2cc(N(c3ccccc3)c3ccccc3)cc3c5cc(C)ccc5n-4c23)c1. The van der Waals surface area contributed by atoms with Crippen LogP contribution in [0.1, 0.15) is 16.7 Å². The predicted molar refractivity (Wildman–Crippen MR) is 290 cm³/mol. The Balaban J connectivity index is 1.19. The van der Waals surface area contributed by atoms with Crippen molar-refractivity contribution in [1.82, 2.24) is 4.57 Å². The molecule has 0 unspecified atom stereocenters. The summed E-state index contributed by atoms with van der Waals surface area (Å²) in [6, 6.07) is 77.6. The number of para-hydroxylation sites is 4. The third kappa shape index (κ3) is 6.66. The number of benzene rings is 10. The fourth-order valence-corrected chi connectivity index (χ4v) is 11.1. The quantitative estimate of drug-likeness (QED) is 0.154. The van der Waals surface area contributed by atoms with Gasteiger partial charge in [-0.1, -0.05) is 120 Å². The first-order valence-electron chi connectivity index (χ1n) is 23.7. The molecular weight excluding hydrogens is 843 g/mol. The van der Waals surface area contributed by atoms with Gasteiger partial charge in [-0.3, -0.25) is 0 Å². The predicted octanol–water partition coefficient (Wildman–Crippen LogP) is 15.0. The average molecular weight is 889 g/mol. The summed E-state index contributed by atoms with van der Waals surface area (Å²) in [4.78, 5) is 4.78. The van der Waals surface area contributed by atoms with Crippen molar-refractivity contribution in [3.05, 3.63) is 241 Å². The number of nitrogens with one attached hydrogen (secondary N) is 1. The Morgan fingerprint density at radius 1 is 0.449 bits per heavy atom. The van der Waals surface area contributed by atoms with E-state index in [0.717, 1.165) is 73.4 Å². The maximum atomic E-state index is 15.2. The van der Waals surface area contributed by atoms with Gasteiger partial charge >= 0.3 is 0 Å². The number of fused-ring (bicyclic) bond motifs is 7. The molecule has 0 spiro atoms. The van der Waals surface area contributed by atoms with Gasteiger partial charge in [0.25, 0.3) is 6.71 Å². The smallest absolute Gasteiger partial charge is 0.252 e. The van der Waals surface area contributed by atoms with E-state index in [4.69, 9.17) is 0 Å². The Morgan fingerprint density at radius 3 is 1.65 bits per heavy atom. The summed E-state index contributed by atoms with van der Waals surface area (Å²) in [5.74, 6) is -0.260. The molecular formula is C63H46BFN4. The molecule has 1 N–H and O–H groups in total. The molecule has 1 aromatic heterocycles. The Hall–Kier alpha value is -8.61. The third-order valence-corrected chi connectivity index (χ3v) is 14.2. The number of anilines is 8. The van der Waals surface area contributed by atoms with Gasteiger partial charge in [0.05, 0.1) is 5.52 Å². The van der Waals surface area contributed by atoms with E-state index >= 15 is 4.39 Å². The van der Waals surface area contributed by atoms with Crippen LogP contribution in [0.3, 0.4) is 0 Å². The molecule has 0 saturated heterocycles. The Bertz CT molecular complexity index is 3730. The zero-order valence-electron chi connectivity index (χ0n) is 38.6. The van der Waals surface area contributed by atoms with E-state index < -0.39 is 0 Å². The molecule has 2 aliphatic heterocycles. The van der Waals surface area contributed by atoms with Gasteiger partial charge < -0.3 is 19.7 Å². The Labute approximate surface area is 402 Å². The molecule has 10 aromatic carbocycles. The van der Waals surface area contributed by atoms with Crippen LogP contribution >= 0.6 is 0 Å². The molecule has 0 fully saturated rings. The number of halogens is 1. The van der Waals surface area contributed by atoms with Crippen molar-refractivity contribution in [1.29, 1.82) is 0 Å². The molecule has 0 aliphatic carbocycles. The van der Waals surface area contributed by atoms with Crippen LogP contribution < -0.4 is 31.5 Å². The zero-order chi connectivity index (χ0) is 46.3. The van der Waals surface area contributed by atoms with Gasteiger partial charge in [-0.05, 0) is 169 Å². The lowest BCUT2D eigenvalue weighted by Crippen LogP contribution is -2.59. The second-order valence-corrected chi connectivity index (χ2v) is 18.6. The lowest BCUT2D eigenvalue weighted by Gasteiger charge is -2.37. The molecule has 3 heterocycles. The van der Waals surface area contributed by atoms with Gasteiger partial charge in [-0.25, -0.2) is 4.39 Å². The van der Waals surface area contributed by atoms with Crippen LogP contribution in [0.25, 0.3) is 49.7 Å². The maximum absolute atomic E-state index is 15.2. The molecule has 0 saturated carbocycles. The molecule has 11 aromatic rings. The Kier molecular flexibility index (Phi) is 9.45. The van der Waals surface area contributed by atoms with Crippen molar-refractivity contribution in [3.63, 3.8) is 0 Å². The van der Waals surface area contributed by atoms with Crippen molar-refractivity contribution in [2.45, 2.75) is 20.8 Å². The van der Waals surface area contributed by atoms with Crippen LogP contribution in [0.15, 0.2) is 218 Å². The van der Waals surface area contributed by atoms with E-state index in [1.54, 1.807) is 12.1 Å². The van der Waals surface area contributed by atoms with Crippen LogP contribution in [0.5, 0.6) is 0 Å². The number of hydrogen-bond donors (Lipinski definition) is 1. The minimum atomic E-state index is -0.260. The van der Waals surface area contributed by atoms with Gasteiger partial charge in [0.2, 0.25) is 0 Å². The number of hydrogen-bond acceptors (Lipinski definition) is 3. The van der Waals surface area contributed by atoms with Crippen LogP contribution in [0, 0.1) is 26.6 Å². The third-order valence-electron chi connectivity index (χ3n) is 14.2. The number of nitrogens with zero attached hydrogens (tertiary/aromatic N) is 3. The fourth-order valence-electron chi connectivity index (χ4n) is 11.1. The number of aryl methyl sites for hydroxylation is 3. The second kappa shape index (κ2) is 16.0. The fraction of sp³-hybridized carbons (Fsp3) is 0.0476. The highest BCUT2D eigenvalue weighted by molar-refractivity contribution is 7.00. The van der Waals surface area contributed by atoms with Gasteiger partial charge in [0.15, 0.2) is 0 Å². The Morgan fingerprint density at radius 2 is 1.03 bits per heavy atom. The van der Waals surface area contributed by atoms with E-state index in [9.17, 15) is 0 Å². The minimum Gasteiger partial charge on any atom is -0.356 e. The summed E-state index contributed by atoms with van der Waals surface area (Å²) in [6.45, 7) is 6.36. The van der Waals surface area contributed by atoms with Crippen molar-refractivity contribution in [3.8, 4) is 27.9 Å². The monoisotopic (exact) mass is 888 g/mol. The highest BCUT2D eigenvalue weighted by Gasteiger charge is 2.42. The molecule has 2 aliphatic rings. The molecule has 4 nitrogen and oxygen atoms in total. The summed E-state index contributed by atoms with van der Waals surface area (Å²) >= 11 is 0. The normalized spacial score (nSPS) is 12.1. The summed E-state index contributed by atoms with van der Waals surface area (Å²) in [6.07, 6.45) is 0. The standard InChI is InChI=1S/C63H46BFN4/c1-40-27-29-42(3)52(31-40)54-36-50(67(46-19-8-4-9-20-46)47-21-10-5-11-22-47)38-56-62(54)66-58-34-44(43-17-16-18-45(65)33-43)35-60-61(58)64(56)57-39-51(37-55-53-32-41(2)28-30-59(53)69(60)63(55)57)68(48-23-12-6-13-24-48)49-25-14-7-15-26-49/h4-39,66H,1-3H3. The number of aromatic nitrogens is 1. The lowest BCUT2D eigenvalue weighted by atomic mass is 9.33. The van der Waals surface area contributed by atoms with Crippen LogP contribution in [0.4, 0.5) is 49.9 Å². The van der Waals surface area contributed by atoms with E-state index in [0.29, 0.717) is 0 Å². The molecule has 0 atom stereocenters. The largest absolute Gasteiger partial charge is 0.356 e. The van der Waals surface area contributed by atoms with Crippen LogP contribution in [-0.2, 0) is 0 Å². The first kappa shape index (κ1) is 40.7. The van der Waals surface area contributed by atoms with Gasteiger partial charge in [-0.2, -0.15) is 0 Å². The first-order chi connectivity index (χ1) is 33.9. The molecule has 0 radical (unpaired) electrons. The van der Waals surface area contributed by atoms with Crippen molar-refractivity contribution >= 4 is 90.4 Å². The number of rotatable bonds is 8. The zero-order valence-corrected chi connectivity index (χ0v) is 38.6. The van der Waals surface area contributed by atoms with Crippen LogP contribution in [-0.4, -0.2) is 11.3 Å². The molecule has 0 amide bonds. The molecule has 13 rings (SSSR count). The van der Waals surface area contributed by atoms with Crippen molar-refractivity contribution in [2.75, 3.05) is 15.1 Å². The summed E-state index contributed by atoms with van der Waals surface area (Å²) in [5, 5.41) is 6.50. The van der Waals surface area contributed by atoms with E-state index in [-0.39, 0.29) is 12.5 Å². The van der Waals surface area contributed by atoms with E-state index in [2.05, 4.69) is 235 Å². The van der Waals surface area contributed by atoms with E-state index in [1.165, 1.54) is 61.0 Å².